The molecule has 26 heavy (non-hydrogen) atoms. The first kappa shape index (κ1) is 25.2. The number of hydrogen-bond acceptors (Lipinski definition) is 0. The molecule has 0 unspecified atom stereocenters. The van der Waals surface area contributed by atoms with Crippen LogP contribution in [0.1, 0.15) is 70.3 Å². The van der Waals surface area contributed by atoms with Crippen LogP contribution in [-0.4, -0.2) is 25.1 Å². The number of hydrogen-bond donors (Lipinski definition) is 0. The Morgan fingerprint density at radius 1 is 0.769 bits per heavy atom. The van der Waals surface area contributed by atoms with E-state index in [2.05, 4.69) is 45.3 Å². The van der Waals surface area contributed by atoms with E-state index in [1.807, 2.05) is 30.3 Å². The van der Waals surface area contributed by atoms with Gasteiger partial charge in [-0.15, -0.1) is 5.56 Å². The van der Waals surface area contributed by atoms with Crippen LogP contribution in [0.4, 0.5) is 0 Å². The van der Waals surface area contributed by atoms with E-state index in [1.165, 1.54) is 76.4 Å². The molecule has 0 bridgehead atoms. The average Bonchev–Trinajstić information content (AvgIpc) is 3.29. The van der Waals surface area contributed by atoms with Gasteiger partial charge in [-0.25, -0.2) is 24.3 Å². The monoisotopic (exact) mass is 398 g/mol. The summed E-state index contributed by atoms with van der Waals surface area (Å²) in [5, 5.41) is 0. The Balaban J connectivity index is 0.000000893. The van der Waals surface area contributed by atoms with Crippen molar-refractivity contribution in [1.29, 1.82) is 0 Å². The van der Waals surface area contributed by atoms with Gasteiger partial charge in [-0.2, -0.15) is 30.3 Å². The molecule has 0 radical (unpaired) electrons. The molecule has 148 valence electrons. The minimum atomic E-state index is 0. The van der Waals surface area contributed by atoms with Crippen LogP contribution < -0.4 is 0 Å². The second-order valence-corrected chi connectivity index (χ2v) is 7.90. The molecule has 0 aliphatic rings. The standard InChI is InChI=1S/C19H35N.C5H5.Fe/c1-4-5-6-7-8-9-10-11-14-17-20(2,3)18-19-15-12-13-16-19;1-2-4-5-3-1;/h12-13,15-16H,4-11,14,17-18H2,1-3H3;1-5H;/q;-1;+2. The molecule has 2 rings (SSSR count). The Hall–Kier alpha value is -0.821. The van der Waals surface area contributed by atoms with Crippen molar-refractivity contribution in [2.24, 2.45) is 0 Å². The summed E-state index contributed by atoms with van der Waals surface area (Å²) in [7, 11) is 4.72. The molecule has 0 saturated heterocycles. The maximum Gasteiger partial charge on any atom is 2.00 e. The van der Waals surface area contributed by atoms with Gasteiger partial charge < -0.3 is 4.48 Å². The molecule has 0 aromatic heterocycles. The zero-order valence-electron chi connectivity index (χ0n) is 17.3. The van der Waals surface area contributed by atoms with Gasteiger partial charge >= 0.3 is 17.1 Å². The van der Waals surface area contributed by atoms with E-state index in [0.29, 0.717) is 0 Å². The molecule has 0 amide bonds. The van der Waals surface area contributed by atoms with Gasteiger partial charge in [-0.1, -0.05) is 51.9 Å². The van der Waals surface area contributed by atoms with Gasteiger partial charge in [0.15, 0.2) is 0 Å². The molecular formula is C24H40FeN+. The van der Waals surface area contributed by atoms with Crippen LogP contribution in [0, 0.1) is 0 Å². The first-order valence-electron chi connectivity index (χ1n) is 10.3. The summed E-state index contributed by atoms with van der Waals surface area (Å²) < 4.78 is 1.13. The van der Waals surface area contributed by atoms with Gasteiger partial charge in [-0.05, 0) is 12.8 Å². The summed E-state index contributed by atoms with van der Waals surface area (Å²) >= 11 is 0. The smallest absolute Gasteiger partial charge is 0.326 e. The van der Waals surface area contributed by atoms with Gasteiger partial charge in [0, 0.05) is 0 Å². The summed E-state index contributed by atoms with van der Waals surface area (Å²) in [6, 6.07) is 18.8. The van der Waals surface area contributed by atoms with Gasteiger partial charge in [0.25, 0.3) is 0 Å². The first-order chi connectivity index (χ1) is 12.1. The van der Waals surface area contributed by atoms with E-state index < -0.39 is 0 Å². The van der Waals surface area contributed by atoms with Gasteiger partial charge in [0.1, 0.15) is 0 Å². The van der Waals surface area contributed by atoms with Crippen molar-refractivity contribution in [3.05, 3.63) is 60.2 Å². The Morgan fingerprint density at radius 3 is 1.81 bits per heavy atom. The van der Waals surface area contributed by atoms with Crippen molar-refractivity contribution in [3.8, 4) is 0 Å². The van der Waals surface area contributed by atoms with E-state index in [0.717, 1.165) is 4.48 Å². The first-order valence-corrected chi connectivity index (χ1v) is 10.3. The van der Waals surface area contributed by atoms with Crippen LogP contribution in [0.25, 0.3) is 0 Å². The van der Waals surface area contributed by atoms with Crippen LogP contribution in [-0.2, 0) is 23.6 Å². The number of nitrogens with zero attached hydrogens (tertiary/aromatic N) is 1. The molecule has 0 saturated carbocycles. The fraction of sp³-hybridized carbons (Fsp3) is 0.583. The fourth-order valence-corrected chi connectivity index (χ4v) is 3.26. The quantitative estimate of drug-likeness (QED) is 0.158. The predicted octanol–water partition coefficient (Wildman–Crippen LogP) is 6.92. The SMILES string of the molecule is CCCCCCCCCCC[N+](C)(C)Cc1ccc[cH-]1.[Fe+2].c1cc[cH-]c1. The van der Waals surface area contributed by atoms with Crippen LogP contribution in [0.2, 0.25) is 0 Å². The Labute approximate surface area is 173 Å². The van der Waals surface area contributed by atoms with Gasteiger partial charge in [0.05, 0.1) is 27.2 Å². The van der Waals surface area contributed by atoms with Gasteiger partial charge in [0.2, 0.25) is 0 Å². The van der Waals surface area contributed by atoms with Crippen LogP contribution in [0.3, 0.4) is 0 Å². The van der Waals surface area contributed by atoms with Crippen LogP contribution >= 0.6 is 0 Å². The molecule has 2 aromatic rings. The Bertz CT molecular complexity index is 453. The van der Waals surface area contributed by atoms with Crippen molar-refractivity contribution < 1.29 is 21.6 Å². The van der Waals surface area contributed by atoms with Crippen molar-refractivity contribution in [1.82, 2.24) is 0 Å². The minimum Gasteiger partial charge on any atom is -0.326 e. The zero-order chi connectivity index (χ0) is 18.2. The third-order valence-electron chi connectivity index (χ3n) is 4.76. The second-order valence-electron chi connectivity index (χ2n) is 7.90. The molecule has 1 nitrogen and oxygen atoms in total. The van der Waals surface area contributed by atoms with E-state index in [-0.39, 0.29) is 17.1 Å². The summed E-state index contributed by atoms with van der Waals surface area (Å²) in [4.78, 5) is 0. The maximum absolute atomic E-state index is 2.36. The molecule has 2 heteroatoms. The molecule has 0 N–H and O–H groups in total. The third kappa shape index (κ3) is 14.4. The van der Waals surface area contributed by atoms with E-state index >= 15 is 0 Å². The molecule has 0 aliphatic carbocycles. The molecule has 0 fully saturated rings. The third-order valence-corrected chi connectivity index (χ3v) is 4.76. The van der Waals surface area contributed by atoms with Crippen molar-refractivity contribution >= 4 is 0 Å². The molecule has 0 spiro atoms. The predicted molar refractivity (Wildman–Crippen MR) is 112 cm³/mol. The van der Waals surface area contributed by atoms with E-state index in [1.54, 1.807) is 0 Å². The number of rotatable bonds is 12. The number of unbranched alkanes of at least 4 members (excludes halogenated alkanes) is 8. The molecular weight excluding hydrogens is 358 g/mol. The second kappa shape index (κ2) is 16.4. The van der Waals surface area contributed by atoms with Crippen LogP contribution in [0.15, 0.2) is 54.6 Å². The molecule has 0 heterocycles. The fourth-order valence-electron chi connectivity index (χ4n) is 3.26. The molecule has 0 atom stereocenters. The maximum atomic E-state index is 2.36. The van der Waals surface area contributed by atoms with E-state index in [9.17, 15) is 0 Å². The summed E-state index contributed by atoms with van der Waals surface area (Å²) in [5.74, 6) is 0. The van der Waals surface area contributed by atoms with Crippen molar-refractivity contribution in [3.63, 3.8) is 0 Å². The normalized spacial score (nSPS) is 10.7. The topological polar surface area (TPSA) is 0 Å². The zero-order valence-corrected chi connectivity index (χ0v) is 18.4. The summed E-state index contributed by atoms with van der Waals surface area (Å²) in [6.45, 7) is 4.76. The van der Waals surface area contributed by atoms with E-state index in [4.69, 9.17) is 0 Å². The average molecular weight is 398 g/mol. The minimum absolute atomic E-state index is 0. The van der Waals surface area contributed by atoms with Crippen LogP contribution in [0.5, 0.6) is 0 Å². The van der Waals surface area contributed by atoms with Crippen molar-refractivity contribution in [2.75, 3.05) is 20.6 Å². The molecule has 0 aliphatic heterocycles. The Kier molecular flexibility index (Phi) is 15.8. The van der Waals surface area contributed by atoms with Gasteiger partial charge in [-0.3, -0.25) is 0 Å². The Morgan fingerprint density at radius 2 is 1.35 bits per heavy atom. The van der Waals surface area contributed by atoms with Crippen molar-refractivity contribution in [2.45, 2.75) is 71.3 Å². The largest absolute Gasteiger partial charge is 2.00 e. The molecule has 2 aromatic carbocycles. The number of quaternary nitrogens is 1. The summed E-state index contributed by atoms with van der Waals surface area (Å²) in [6.07, 6.45) is 12.8. The summed E-state index contributed by atoms with van der Waals surface area (Å²) in [5.41, 5.74) is 1.48.